The fourth-order valence-electron chi connectivity index (χ4n) is 7.66. The van der Waals surface area contributed by atoms with Crippen LogP contribution in [0.5, 0.6) is 0 Å². The Morgan fingerprint density at radius 2 is 0.875 bits per heavy atom. The molecule has 3 aliphatic rings. The minimum Gasteiger partial charge on any atom is -0.394 e. The van der Waals surface area contributed by atoms with Gasteiger partial charge in [-0.2, -0.15) is 0 Å². The molecule has 10 atom stereocenters. The van der Waals surface area contributed by atoms with E-state index in [9.17, 15) is 5.11 Å². The quantitative estimate of drug-likeness (QED) is 0.121. The van der Waals surface area contributed by atoms with Gasteiger partial charge in [-0.25, -0.2) is 0 Å². The van der Waals surface area contributed by atoms with E-state index in [2.05, 4.69) is 62.4 Å². The van der Waals surface area contributed by atoms with Crippen molar-refractivity contribution in [3.8, 4) is 0 Å². The lowest BCUT2D eigenvalue weighted by Gasteiger charge is -2.45. The Morgan fingerprint density at radius 3 is 1.32 bits per heavy atom. The summed E-state index contributed by atoms with van der Waals surface area (Å²) in [5.41, 5.74) is 5.54. The Hall–Kier alpha value is -4.22. The minimum atomic E-state index is -0.342. The molecule has 0 radical (unpaired) electrons. The zero-order valence-electron chi connectivity index (χ0n) is 32.3. The first-order valence-electron chi connectivity index (χ1n) is 19.8. The molecular formula is C48H54O8. The molecule has 8 rings (SSSR count). The maximum atomic E-state index is 10.0. The highest BCUT2D eigenvalue weighted by atomic mass is 16.7. The van der Waals surface area contributed by atoms with Gasteiger partial charge in [-0.3, -0.25) is 0 Å². The van der Waals surface area contributed by atoms with Crippen molar-refractivity contribution in [3.63, 3.8) is 0 Å². The molecule has 56 heavy (non-hydrogen) atoms. The van der Waals surface area contributed by atoms with E-state index in [1.807, 2.05) is 103 Å². The van der Waals surface area contributed by atoms with Crippen molar-refractivity contribution < 1.29 is 38.3 Å². The standard InChI is InChI=1S/C27H30O4.C21H24O4/c1-20-24(17-28)31-26(23-15-9-4-10-16-23)27(30-19-22-13-7-3-8-14-22)25(20)29-18-21-11-5-2-6-12-21;1-15-18-14-24-21(25-18)20(23-13-17-10-6-3-7-11-17)19(15)22-12-16-8-4-2-5-9-16/h2-16,20,24-28H,17-19H2,1H3;2-11,15,18-21H,12-14H2,1H3/t20?,24-,25+,26+,27?;15?,18-,19+,20?,21-/m11/s1. The number of hydrogen-bond donors (Lipinski definition) is 1. The molecule has 2 bridgehead atoms. The van der Waals surface area contributed by atoms with Crippen molar-refractivity contribution >= 4 is 0 Å². The van der Waals surface area contributed by atoms with Crippen LogP contribution in [0.4, 0.5) is 0 Å². The van der Waals surface area contributed by atoms with E-state index in [4.69, 9.17) is 33.2 Å². The van der Waals surface area contributed by atoms with Crippen LogP contribution in [0.15, 0.2) is 152 Å². The molecule has 0 aromatic heterocycles. The molecule has 0 amide bonds. The topological polar surface area (TPSA) is 84.8 Å². The van der Waals surface area contributed by atoms with Gasteiger partial charge >= 0.3 is 0 Å². The Balaban J connectivity index is 0.000000175. The van der Waals surface area contributed by atoms with E-state index >= 15 is 0 Å². The van der Waals surface area contributed by atoms with Crippen LogP contribution in [0, 0.1) is 11.8 Å². The smallest absolute Gasteiger partial charge is 0.186 e. The largest absolute Gasteiger partial charge is 0.394 e. The molecule has 0 spiro atoms. The van der Waals surface area contributed by atoms with Crippen molar-refractivity contribution in [3.05, 3.63) is 179 Å². The molecule has 3 fully saturated rings. The molecule has 8 heteroatoms. The monoisotopic (exact) mass is 758 g/mol. The van der Waals surface area contributed by atoms with E-state index < -0.39 is 0 Å². The lowest BCUT2D eigenvalue weighted by molar-refractivity contribution is -0.243. The summed E-state index contributed by atoms with van der Waals surface area (Å²) in [4.78, 5) is 0. The minimum absolute atomic E-state index is 0.0190. The summed E-state index contributed by atoms with van der Waals surface area (Å²) < 4.78 is 43.5. The highest BCUT2D eigenvalue weighted by Crippen LogP contribution is 2.39. The van der Waals surface area contributed by atoms with Gasteiger partial charge in [-0.05, 0) is 27.8 Å². The molecule has 3 aliphatic heterocycles. The number of benzene rings is 5. The zero-order valence-corrected chi connectivity index (χ0v) is 32.3. The Morgan fingerprint density at radius 1 is 0.482 bits per heavy atom. The summed E-state index contributed by atoms with van der Waals surface area (Å²) in [6, 6.07) is 50.7. The SMILES string of the molecule is CC1[C@H](OCc2ccccc2)C(OCc2ccccc2)[C@@H]2OC[C@H]1O2.CC1[C@H](OCc2ccccc2)C(OCc2ccccc2)[C@H](c2ccccc2)O[C@@H]1CO. The van der Waals surface area contributed by atoms with Crippen LogP contribution < -0.4 is 0 Å². The van der Waals surface area contributed by atoms with Gasteiger partial charge in [-0.1, -0.05) is 166 Å². The first kappa shape index (κ1) is 40.0. The van der Waals surface area contributed by atoms with Gasteiger partial charge in [0.05, 0.1) is 64.1 Å². The van der Waals surface area contributed by atoms with Crippen LogP contribution >= 0.6 is 0 Å². The number of aliphatic hydroxyl groups is 1. The van der Waals surface area contributed by atoms with Gasteiger partial charge in [0.2, 0.25) is 0 Å². The third-order valence-electron chi connectivity index (χ3n) is 10.9. The fraction of sp³-hybridized carbons (Fsp3) is 0.375. The molecule has 0 saturated carbocycles. The lowest BCUT2D eigenvalue weighted by atomic mass is 9.85. The summed E-state index contributed by atoms with van der Waals surface area (Å²) in [5, 5.41) is 10.0. The van der Waals surface area contributed by atoms with Crippen molar-refractivity contribution in [2.75, 3.05) is 13.2 Å². The van der Waals surface area contributed by atoms with Gasteiger partial charge in [0, 0.05) is 11.8 Å². The van der Waals surface area contributed by atoms with Crippen LogP contribution in [0.3, 0.4) is 0 Å². The third-order valence-corrected chi connectivity index (χ3v) is 10.9. The molecule has 8 nitrogen and oxygen atoms in total. The first-order valence-corrected chi connectivity index (χ1v) is 19.8. The average molecular weight is 759 g/mol. The van der Waals surface area contributed by atoms with Crippen LogP contribution in [-0.2, 0) is 59.6 Å². The molecule has 3 saturated heterocycles. The average Bonchev–Trinajstić information content (AvgIpc) is 3.71. The summed E-state index contributed by atoms with van der Waals surface area (Å²) >= 11 is 0. The number of hydrogen-bond acceptors (Lipinski definition) is 8. The Kier molecular flexibility index (Phi) is 14.5. The molecule has 5 aromatic carbocycles. The van der Waals surface area contributed by atoms with E-state index in [-0.39, 0.29) is 67.5 Å². The summed E-state index contributed by atoms with van der Waals surface area (Å²) in [6.45, 7) is 6.84. The highest BCUT2D eigenvalue weighted by molar-refractivity contribution is 5.22. The molecule has 5 aromatic rings. The number of rotatable bonds is 14. The number of aliphatic hydroxyl groups excluding tert-OH is 1. The van der Waals surface area contributed by atoms with E-state index in [0.717, 1.165) is 27.8 Å². The zero-order chi connectivity index (χ0) is 38.5. The number of ether oxygens (including phenoxy) is 7. The highest BCUT2D eigenvalue weighted by Gasteiger charge is 2.50. The van der Waals surface area contributed by atoms with Crippen LogP contribution in [0.25, 0.3) is 0 Å². The Bertz CT molecular complexity index is 1790. The molecular weight excluding hydrogens is 705 g/mol. The molecule has 1 N–H and O–H groups in total. The van der Waals surface area contributed by atoms with E-state index in [1.165, 1.54) is 0 Å². The van der Waals surface area contributed by atoms with Gasteiger partial charge in [0.1, 0.15) is 18.3 Å². The maximum absolute atomic E-state index is 10.0. The number of fused-ring (bicyclic) bond motifs is 2. The van der Waals surface area contributed by atoms with Crippen molar-refractivity contribution in [2.24, 2.45) is 11.8 Å². The van der Waals surface area contributed by atoms with Gasteiger partial charge in [0.25, 0.3) is 0 Å². The maximum Gasteiger partial charge on any atom is 0.186 e. The predicted molar refractivity (Wildman–Crippen MR) is 214 cm³/mol. The summed E-state index contributed by atoms with van der Waals surface area (Å²) in [7, 11) is 0. The molecule has 0 aliphatic carbocycles. The second kappa shape index (κ2) is 20.3. The molecule has 294 valence electrons. The normalized spacial score (nSPS) is 28.3. The van der Waals surface area contributed by atoms with Gasteiger partial charge in [-0.15, -0.1) is 0 Å². The fourth-order valence-corrected chi connectivity index (χ4v) is 7.66. The van der Waals surface area contributed by atoms with E-state index in [1.54, 1.807) is 0 Å². The van der Waals surface area contributed by atoms with Gasteiger partial charge in [0.15, 0.2) is 6.29 Å². The second-order valence-electron chi connectivity index (χ2n) is 14.8. The Labute approximate surface area is 331 Å². The lowest BCUT2D eigenvalue weighted by Crippen LogP contribution is -2.53. The second-order valence-corrected chi connectivity index (χ2v) is 14.8. The van der Waals surface area contributed by atoms with Crippen LogP contribution in [0.1, 0.15) is 47.8 Å². The first-order chi connectivity index (χ1) is 27.6. The predicted octanol–water partition coefficient (Wildman–Crippen LogP) is 8.47. The van der Waals surface area contributed by atoms with Crippen molar-refractivity contribution in [1.29, 1.82) is 0 Å². The summed E-state index contributed by atoms with van der Waals surface area (Å²) in [6.07, 6.45) is -1.69. The molecule has 4 unspecified atom stereocenters. The third kappa shape index (κ3) is 10.4. The van der Waals surface area contributed by atoms with Gasteiger partial charge < -0.3 is 38.3 Å². The van der Waals surface area contributed by atoms with Crippen molar-refractivity contribution in [1.82, 2.24) is 0 Å². The molecule has 3 heterocycles. The summed E-state index contributed by atoms with van der Waals surface area (Å²) in [5.74, 6) is 0.206. The van der Waals surface area contributed by atoms with Crippen molar-refractivity contribution in [2.45, 2.75) is 89.3 Å². The van der Waals surface area contributed by atoms with E-state index in [0.29, 0.717) is 33.0 Å². The van der Waals surface area contributed by atoms with Crippen LogP contribution in [-0.4, -0.2) is 61.2 Å². The van der Waals surface area contributed by atoms with Crippen LogP contribution in [0.2, 0.25) is 0 Å².